The third-order valence-electron chi connectivity index (χ3n) is 1.89. The second-order valence-electron chi connectivity index (χ2n) is 3.53. The summed E-state index contributed by atoms with van der Waals surface area (Å²) in [5.41, 5.74) is 0.251. The Morgan fingerprint density at radius 2 is 2.21 bits per heavy atom. The van der Waals surface area contributed by atoms with E-state index in [2.05, 4.69) is 4.98 Å². The Morgan fingerprint density at radius 3 is 2.64 bits per heavy atom. The van der Waals surface area contributed by atoms with Gasteiger partial charge in [-0.2, -0.15) is 0 Å². The number of carbonyl (C=O) groups is 1. The molecule has 0 unspecified atom stereocenters. The summed E-state index contributed by atoms with van der Waals surface area (Å²) in [6.45, 7) is 6.10. The molecule has 14 heavy (non-hydrogen) atoms. The van der Waals surface area contributed by atoms with Crippen molar-refractivity contribution >= 4 is 17.3 Å². The lowest BCUT2D eigenvalue weighted by atomic mass is 10.2. The van der Waals surface area contributed by atoms with Gasteiger partial charge in [0.25, 0.3) is 0 Å². The van der Waals surface area contributed by atoms with E-state index in [-0.39, 0.29) is 5.69 Å². The molecule has 1 aromatic heterocycles. The van der Waals surface area contributed by atoms with Crippen molar-refractivity contribution in [1.82, 2.24) is 4.98 Å². The molecule has 0 aliphatic carbocycles. The number of aromatic nitrogens is 1. The largest absolute Gasteiger partial charge is 0.476 e. The van der Waals surface area contributed by atoms with Crippen molar-refractivity contribution in [3.8, 4) is 0 Å². The van der Waals surface area contributed by atoms with Crippen molar-refractivity contribution in [2.75, 3.05) is 0 Å². The van der Waals surface area contributed by atoms with Crippen molar-refractivity contribution in [1.29, 1.82) is 0 Å². The number of hydrogen-bond acceptors (Lipinski definition) is 3. The molecule has 0 spiro atoms. The summed E-state index contributed by atoms with van der Waals surface area (Å²) < 4.78 is 0. The highest BCUT2D eigenvalue weighted by Crippen LogP contribution is 2.25. The quantitative estimate of drug-likeness (QED) is 0.836. The first-order chi connectivity index (χ1) is 6.56. The minimum Gasteiger partial charge on any atom is -0.476 e. The Kier molecular flexibility index (Phi) is 3.63. The Balaban J connectivity index is 3.05. The molecule has 1 N–H and O–H groups in total. The lowest BCUT2D eigenvalue weighted by Gasteiger charge is -1.95. The SMILES string of the molecule is CCCc1sc(C(C)C)nc1C(=O)O. The molecule has 1 aromatic rings. The number of hydrogen-bond donors (Lipinski definition) is 1. The van der Waals surface area contributed by atoms with E-state index in [1.165, 1.54) is 11.3 Å². The maximum atomic E-state index is 10.9. The molecule has 0 aliphatic rings. The van der Waals surface area contributed by atoms with Crippen LogP contribution in [0.5, 0.6) is 0 Å². The summed E-state index contributed by atoms with van der Waals surface area (Å²) in [7, 11) is 0. The van der Waals surface area contributed by atoms with Crippen LogP contribution in [0.1, 0.15) is 53.5 Å². The molecule has 0 saturated heterocycles. The monoisotopic (exact) mass is 213 g/mol. The molecule has 0 saturated carbocycles. The zero-order valence-electron chi connectivity index (χ0n) is 8.70. The smallest absolute Gasteiger partial charge is 0.355 e. The number of carboxylic acid groups (broad SMARTS) is 1. The number of nitrogens with zero attached hydrogens (tertiary/aromatic N) is 1. The van der Waals surface area contributed by atoms with Gasteiger partial charge in [0.1, 0.15) is 0 Å². The van der Waals surface area contributed by atoms with Crippen LogP contribution in [0.15, 0.2) is 0 Å². The summed E-state index contributed by atoms with van der Waals surface area (Å²) in [6, 6.07) is 0. The predicted octanol–water partition coefficient (Wildman–Crippen LogP) is 2.92. The number of aryl methyl sites for hydroxylation is 1. The van der Waals surface area contributed by atoms with E-state index in [4.69, 9.17) is 5.11 Å². The van der Waals surface area contributed by atoms with Crippen LogP contribution in [-0.4, -0.2) is 16.1 Å². The lowest BCUT2D eigenvalue weighted by molar-refractivity contribution is 0.0690. The molecule has 1 rings (SSSR count). The van der Waals surface area contributed by atoms with Crippen molar-refractivity contribution in [2.45, 2.75) is 39.5 Å². The molecule has 0 aromatic carbocycles. The van der Waals surface area contributed by atoms with Crippen LogP contribution in [-0.2, 0) is 6.42 Å². The standard InChI is InChI=1S/C10H15NO2S/c1-4-5-7-8(10(12)13)11-9(14-7)6(2)3/h6H,4-5H2,1-3H3,(H,12,13). The summed E-state index contributed by atoms with van der Waals surface area (Å²) in [5.74, 6) is -0.597. The zero-order valence-corrected chi connectivity index (χ0v) is 9.52. The molecule has 3 nitrogen and oxygen atoms in total. The molecule has 78 valence electrons. The normalized spacial score (nSPS) is 10.9. The topological polar surface area (TPSA) is 50.2 Å². The van der Waals surface area contributed by atoms with Gasteiger partial charge in [-0.1, -0.05) is 27.2 Å². The number of carboxylic acids is 1. The van der Waals surface area contributed by atoms with E-state index in [1.807, 2.05) is 20.8 Å². The van der Waals surface area contributed by atoms with Crippen LogP contribution in [0.25, 0.3) is 0 Å². The van der Waals surface area contributed by atoms with E-state index in [1.54, 1.807) is 0 Å². The first-order valence-electron chi connectivity index (χ1n) is 4.79. The molecular weight excluding hydrogens is 198 g/mol. The van der Waals surface area contributed by atoms with Crippen molar-refractivity contribution in [3.63, 3.8) is 0 Å². The summed E-state index contributed by atoms with van der Waals surface area (Å²) in [4.78, 5) is 15.9. The molecule has 0 amide bonds. The number of thiazole rings is 1. The van der Waals surface area contributed by atoms with Gasteiger partial charge in [0.2, 0.25) is 0 Å². The molecule has 0 atom stereocenters. The summed E-state index contributed by atoms with van der Waals surface area (Å²) >= 11 is 1.53. The van der Waals surface area contributed by atoms with Gasteiger partial charge in [0, 0.05) is 10.8 Å². The fourth-order valence-corrected chi connectivity index (χ4v) is 2.34. The molecule has 0 aliphatic heterocycles. The third-order valence-corrected chi connectivity index (χ3v) is 3.30. The average Bonchev–Trinajstić information content (AvgIpc) is 2.49. The second kappa shape index (κ2) is 4.55. The van der Waals surface area contributed by atoms with Gasteiger partial charge in [-0.15, -0.1) is 11.3 Å². The Labute approximate surface area is 87.8 Å². The van der Waals surface area contributed by atoms with Crippen molar-refractivity contribution in [3.05, 3.63) is 15.6 Å². The van der Waals surface area contributed by atoms with Crippen LogP contribution in [0, 0.1) is 0 Å². The third kappa shape index (κ3) is 2.32. The predicted molar refractivity (Wildman–Crippen MR) is 57.2 cm³/mol. The highest BCUT2D eigenvalue weighted by Gasteiger charge is 2.17. The van der Waals surface area contributed by atoms with Gasteiger partial charge in [0.05, 0.1) is 5.01 Å². The maximum Gasteiger partial charge on any atom is 0.355 e. The van der Waals surface area contributed by atoms with Gasteiger partial charge in [-0.3, -0.25) is 0 Å². The summed E-state index contributed by atoms with van der Waals surface area (Å²) in [6.07, 6.45) is 1.77. The fraction of sp³-hybridized carbons (Fsp3) is 0.600. The van der Waals surface area contributed by atoms with Crippen LogP contribution >= 0.6 is 11.3 Å². The van der Waals surface area contributed by atoms with Gasteiger partial charge >= 0.3 is 5.97 Å². The highest BCUT2D eigenvalue weighted by atomic mass is 32.1. The first kappa shape index (κ1) is 11.2. The molecule has 4 heteroatoms. The van der Waals surface area contributed by atoms with E-state index in [0.717, 1.165) is 22.7 Å². The van der Waals surface area contributed by atoms with Crippen LogP contribution in [0.2, 0.25) is 0 Å². The molecule has 0 fully saturated rings. The average molecular weight is 213 g/mol. The van der Waals surface area contributed by atoms with E-state index in [0.29, 0.717) is 5.92 Å². The minimum absolute atomic E-state index is 0.251. The van der Waals surface area contributed by atoms with Gasteiger partial charge in [0.15, 0.2) is 5.69 Å². The van der Waals surface area contributed by atoms with Crippen molar-refractivity contribution < 1.29 is 9.90 Å². The van der Waals surface area contributed by atoms with Crippen molar-refractivity contribution in [2.24, 2.45) is 0 Å². The molecular formula is C10H15NO2S. The van der Waals surface area contributed by atoms with Gasteiger partial charge < -0.3 is 5.11 Å². The summed E-state index contributed by atoms with van der Waals surface area (Å²) in [5, 5.41) is 9.85. The van der Waals surface area contributed by atoms with Gasteiger partial charge in [-0.05, 0) is 6.42 Å². The highest BCUT2D eigenvalue weighted by molar-refractivity contribution is 7.12. The number of rotatable bonds is 4. The first-order valence-corrected chi connectivity index (χ1v) is 5.60. The fourth-order valence-electron chi connectivity index (χ4n) is 1.18. The molecule has 0 radical (unpaired) electrons. The van der Waals surface area contributed by atoms with E-state index < -0.39 is 5.97 Å². The molecule has 0 bridgehead atoms. The maximum absolute atomic E-state index is 10.9. The van der Waals surface area contributed by atoms with E-state index in [9.17, 15) is 4.79 Å². The van der Waals surface area contributed by atoms with Crippen LogP contribution < -0.4 is 0 Å². The lowest BCUT2D eigenvalue weighted by Crippen LogP contribution is -2.01. The minimum atomic E-state index is -0.906. The Morgan fingerprint density at radius 1 is 1.57 bits per heavy atom. The van der Waals surface area contributed by atoms with E-state index >= 15 is 0 Å². The van der Waals surface area contributed by atoms with Crippen LogP contribution in [0.3, 0.4) is 0 Å². The van der Waals surface area contributed by atoms with Gasteiger partial charge in [-0.25, -0.2) is 9.78 Å². The number of aromatic carboxylic acids is 1. The van der Waals surface area contributed by atoms with Crippen LogP contribution in [0.4, 0.5) is 0 Å². The molecule has 1 heterocycles. The zero-order chi connectivity index (χ0) is 10.7. The Hall–Kier alpha value is -0.900. The Bertz CT molecular complexity index is 331. The second-order valence-corrected chi connectivity index (χ2v) is 4.65.